The fourth-order valence-electron chi connectivity index (χ4n) is 2.00. The van der Waals surface area contributed by atoms with Crippen molar-refractivity contribution in [3.05, 3.63) is 36.0 Å². The summed E-state index contributed by atoms with van der Waals surface area (Å²) in [5.74, 6) is 1.45. The van der Waals surface area contributed by atoms with Gasteiger partial charge in [-0.1, -0.05) is 49.8 Å². The van der Waals surface area contributed by atoms with Crippen LogP contribution in [0, 0.1) is 11.8 Å². The van der Waals surface area contributed by atoms with Crippen molar-refractivity contribution in [3.63, 3.8) is 0 Å². The Balaban J connectivity index is 2.70. The molecule has 0 spiro atoms. The van der Waals surface area contributed by atoms with Gasteiger partial charge in [0.2, 0.25) is 0 Å². The summed E-state index contributed by atoms with van der Waals surface area (Å²) >= 11 is 0. The standard InChI is InChI=1S/C15H24/c1-12(2)15-10-8-13(3)6-5-7-14(4)9-11-15/h7-8,10,12,15H,3,5-6,9,11H2,1-2,4H3/b10-8?,14-7-. The highest BCUT2D eigenvalue weighted by atomic mass is 14.2. The highest BCUT2D eigenvalue weighted by Gasteiger charge is 2.10. The van der Waals surface area contributed by atoms with Crippen molar-refractivity contribution in [1.29, 1.82) is 0 Å². The molecule has 0 aromatic carbocycles. The maximum absolute atomic E-state index is 4.09. The third kappa shape index (κ3) is 4.51. The molecule has 15 heavy (non-hydrogen) atoms. The molecule has 1 rings (SSSR count). The molecular formula is C15H24. The molecule has 0 saturated heterocycles. The van der Waals surface area contributed by atoms with E-state index in [1.54, 1.807) is 5.57 Å². The molecule has 1 unspecified atom stereocenters. The lowest BCUT2D eigenvalue weighted by Gasteiger charge is -2.18. The van der Waals surface area contributed by atoms with E-state index in [1.807, 2.05) is 0 Å². The van der Waals surface area contributed by atoms with Crippen LogP contribution in [-0.4, -0.2) is 0 Å². The first kappa shape index (κ1) is 12.3. The van der Waals surface area contributed by atoms with Gasteiger partial charge in [0, 0.05) is 0 Å². The summed E-state index contributed by atoms with van der Waals surface area (Å²) in [7, 11) is 0. The van der Waals surface area contributed by atoms with Crippen LogP contribution in [0.15, 0.2) is 36.0 Å². The largest absolute Gasteiger partial charge is 0.0958 e. The van der Waals surface area contributed by atoms with E-state index in [-0.39, 0.29) is 0 Å². The monoisotopic (exact) mass is 204 g/mol. The van der Waals surface area contributed by atoms with E-state index < -0.39 is 0 Å². The average molecular weight is 204 g/mol. The van der Waals surface area contributed by atoms with Crippen LogP contribution < -0.4 is 0 Å². The minimum atomic E-state index is 0.711. The van der Waals surface area contributed by atoms with E-state index in [0.717, 1.165) is 18.8 Å². The zero-order chi connectivity index (χ0) is 11.3. The van der Waals surface area contributed by atoms with E-state index in [4.69, 9.17) is 0 Å². The Labute approximate surface area is 94.8 Å². The van der Waals surface area contributed by atoms with Crippen LogP contribution >= 0.6 is 0 Å². The van der Waals surface area contributed by atoms with Crippen molar-refractivity contribution in [2.45, 2.75) is 46.5 Å². The van der Waals surface area contributed by atoms with E-state index in [9.17, 15) is 0 Å². The molecule has 0 saturated carbocycles. The van der Waals surface area contributed by atoms with Gasteiger partial charge in [0.15, 0.2) is 0 Å². The second kappa shape index (κ2) is 5.95. The summed E-state index contributed by atoms with van der Waals surface area (Å²) in [6.07, 6.45) is 11.8. The number of hydrogen-bond acceptors (Lipinski definition) is 0. The molecule has 84 valence electrons. The molecule has 0 aliphatic heterocycles. The van der Waals surface area contributed by atoms with Crippen LogP contribution in [0.2, 0.25) is 0 Å². The predicted molar refractivity (Wildman–Crippen MR) is 68.8 cm³/mol. The highest BCUT2D eigenvalue weighted by Crippen LogP contribution is 2.24. The van der Waals surface area contributed by atoms with E-state index in [1.165, 1.54) is 18.4 Å². The minimum absolute atomic E-state index is 0.711. The van der Waals surface area contributed by atoms with Gasteiger partial charge in [-0.15, -0.1) is 0 Å². The van der Waals surface area contributed by atoms with Crippen molar-refractivity contribution >= 4 is 0 Å². The van der Waals surface area contributed by atoms with Gasteiger partial charge in [-0.25, -0.2) is 0 Å². The van der Waals surface area contributed by atoms with Crippen LogP contribution in [0.3, 0.4) is 0 Å². The van der Waals surface area contributed by atoms with Gasteiger partial charge in [0.1, 0.15) is 0 Å². The lowest BCUT2D eigenvalue weighted by molar-refractivity contribution is 0.435. The average Bonchev–Trinajstić information content (AvgIpc) is 2.16. The molecule has 0 heterocycles. The Morgan fingerprint density at radius 2 is 2.07 bits per heavy atom. The molecule has 1 aliphatic carbocycles. The quantitative estimate of drug-likeness (QED) is 0.533. The molecule has 0 N–H and O–H groups in total. The lowest BCUT2D eigenvalue weighted by Crippen LogP contribution is -2.06. The Morgan fingerprint density at radius 1 is 1.33 bits per heavy atom. The molecule has 0 nitrogen and oxygen atoms in total. The highest BCUT2D eigenvalue weighted by molar-refractivity contribution is 5.17. The first-order chi connectivity index (χ1) is 7.09. The molecular weight excluding hydrogens is 180 g/mol. The Bertz CT molecular complexity index is 266. The molecule has 0 bridgehead atoms. The molecule has 1 aliphatic rings. The Morgan fingerprint density at radius 3 is 2.73 bits per heavy atom. The Kier molecular flexibility index (Phi) is 4.87. The van der Waals surface area contributed by atoms with Crippen molar-refractivity contribution in [1.82, 2.24) is 0 Å². The Hall–Kier alpha value is -0.780. The van der Waals surface area contributed by atoms with Crippen LogP contribution in [0.1, 0.15) is 46.5 Å². The zero-order valence-corrected chi connectivity index (χ0v) is 10.4. The van der Waals surface area contributed by atoms with Crippen LogP contribution in [0.25, 0.3) is 0 Å². The van der Waals surface area contributed by atoms with Crippen molar-refractivity contribution < 1.29 is 0 Å². The normalized spacial score (nSPS) is 27.6. The number of hydrogen-bond donors (Lipinski definition) is 0. The molecule has 0 fully saturated rings. The van der Waals surface area contributed by atoms with E-state index in [2.05, 4.69) is 45.6 Å². The summed E-state index contributed by atoms with van der Waals surface area (Å²) in [5.41, 5.74) is 2.82. The molecule has 0 aromatic rings. The predicted octanol–water partition coefficient (Wildman–Crippen LogP) is 4.89. The lowest BCUT2D eigenvalue weighted by atomic mass is 9.88. The maximum atomic E-state index is 4.09. The fourth-order valence-corrected chi connectivity index (χ4v) is 2.00. The summed E-state index contributed by atoms with van der Waals surface area (Å²) in [5, 5.41) is 0. The fraction of sp³-hybridized carbons (Fsp3) is 0.600. The summed E-state index contributed by atoms with van der Waals surface area (Å²) in [4.78, 5) is 0. The smallest absolute Gasteiger partial charge is 0.0204 e. The van der Waals surface area contributed by atoms with Crippen LogP contribution in [0.4, 0.5) is 0 Å². The number of rotatable bonds is 1. The van der Waals surface area contributed by atoms with Crippen molar-refractivity contribution in [2.75, 3.05) is 0 Å². The van der Waals surface area contributed by atoms with Gasteiger partial charge < -0.3 is 0 Å². The third-order valence-electron chi connectivity index (χ3n) is 3.27. The second-order valence-electron chi connectivity index (χ2n) is 5.05. The van der Waals surface area contributed by atoms with Gasteiger partial charge in [0.05, 0.1) is 0 Å². The van der Waals surface area contributed by atoms with Gasteiger partial charge in [0.25, 0.3) is 0 Å². The molecule has 0 aromatic heterocycles. The zero-order valence-electron chi connectivity index (χ0n) is 10.4. The van der Waals surface area contributed by atoms with Crippen molar-refractivity contribution in [3.8, 4) is 0 Å². The SMILES string of the molecule is C=C1C=CC(C(C)C)CC/C(C)=C\CC1. The first-order valence-electron chi connectivity index (χ1n) is 6.11. The van der Waals surface area contributed by atoms with Crippen LogP contribution in [0.5, 0.6) is 0 Å². The second-order valence-corrected chi connectivity index (χ2v) is 5.05. The first-order valence-corrected chi connectivity index (χ1v) is 6.11. The van der Waals surface area contributed by atoms with E-state index >= 15 is 0 Å². The molecule has 1 atom stereocenters. The van der Waals surface area contributed by atoms with Gasteiger partial charge in [-0.3, -0.25) is 0 Å². The van der Waals surface area contributed by atoms with E-state index in [0.29, 0.717) is 5.92 Å². The number of allylic oxidation sites excluding steroid dienone is 5. The van der Waals surface area contributed by atoms with Gasteiger partial charge >= 0.3 is 0 Å². The van der Waals surface area contributed by atoms with Gasteiger partial charge in [-0.2, -0.15) is 0 Å². The van der Waals surface area contributed by atoms with Crippen molar-refractivity contribution in [2.24, 2.45) is 11.8 Å². The summed E-state index contributed by atoms with van der Waals surface area (Å²) < 4.78 is 0. The van der Waals surface area contributed by atoms with Crippen LogP contribution in [-0.2, 0) is 0 Å². The van der Waals surface area contributed by atoms with Gasteiger partial charge in [-0.05, 0) is 44.4 Å². The third-order valence-corrected chi connectivity index (χ3v) is 3.27. The summed E-state index contributed by atoms with van der Waals surface area (Å²) in [6, 6.07) is 0. The topological polar surface area (TPSA) is 0 Å². The summed E-state index contributed by atoms with van der Waals surface area (Å²) in [6.45, 7) is 11.0. The molecule has 0 radical (unpaired) electrons. The maximum Gasteiger partial charge on any atom is -0.0204 e. The molecule has 0 heteroatoms. The minimum Gasteiger partial charge on any atom is -0.0958 e. The molecule has 0 amide bonds.